The smallest absolute Gasteiger partial charge is 0.364 e. The highest BCUT2D eigenvalue weighted by molar-refractivity contribution is 5.45. The molecule has 1 aromatic carbocycles. The second-order valence-corrected chi connectivity index (χ2v) is 6.26. The van der Waals surface area contributed by atoms with Gasteiger partial charge in [0.15, 0.2) is 5.65 Å². The van der Waals surface area contributed by atoms with Gasteiger partial charge in [0, 0.05) is 17.8 Å². The number of hydrogen-bond donors (Lipinski definition) is 1. The lowest BCUT2D eigenvalue weighted by atomic mass is 10.2. The SMILES string of the molecule is Cc1nn(-c2ccccc2)c(C)c1CNc1ccc2nnc(C(F)(F)F)n2n1. The molecule has 7 nitrogen and oxygen atoms in total. The molecule has 144 valence electrons. The van der Waals surface area contributed by atoms with Crippen molar-refractivity contribution in [2.75, 3.05) is 5.32 Å². The van der Waals surface area contributed by atoms with Crippen molar-refractivity contribution >= 4 is 11.5 Å². The molecule has 0 saturated heterocycles. The molecule has 0 fully saturated rings. The zero-order valence-corrected chi connectivity index (χ0v) is 15.1. The maximum atomic E-state index is 13.0. The van der Waals surface area contributed by atoms with Crippen LogP contribution in [0.1, 0.15) is 22.8 Å². The molecule has 0 aliphatic rings. The van der Waals surface area contributed by atoms with E-state index in [1.807, 2.05) is 48.9 Å². The summed E-state index contributed by atoms with van der Waals surface area (Å²) in [4.78, 5) is 0. The molecule has 3 heterocycles. The largest absolute Gasteiger partial charge is 0.453 e. The zero-order valence-electron chi connectivity index (χ0n) is 15.1. The number of aromatic nitrogens is 6. The lowest BCUT2D eigenvalue weighted by Gasteiger charge is -2.08. The number of nitrogens with one attached hydrogen (secondary N) is 1. The monoisotopic (exact) mass is 387 g/mol. The van der Waals surface area contributed by atoms with E-state index in [1.165, 1.54) is 6.07 Å². The van der Waals surface area contributed by atoms with Crippen molar-refractivity contribution in [3.8, 4) is 5.69 Å². The van der Waals surface area contributed by atoms with Gasteiger partial charge in [-0.3, -0.25) is 0 Å². The van der Waals surface area contributed by atoms with E-state index in [9.17, 15) is 13.2 Å². The molecule has 0 amide bonds. The number of hydrogen-bond acceptors (Lipinski definition) is 5. The van der Waals surface area contributed by atoms with Crippen LogP contribution < -0.4 is 5.32 Å². The number of fused-ring (bicyclic) bond motifs is 1. The molecule has 3 aromatic heterocycles. The summed E-state index contributed by atoms with van der Waals surface area (Å²) in [6.07, 6.45) is -4.63. The van der Waals surface area contributed by atoms with Crippen molar-refractivity contribution in [2.24, 2.45) is 0 Å². The Morgan fingerprint density at radius 3 is 2.43 bits per heavy atom. The molecule has 4 rings (SSSR count). The van der Waals surface area contributed by atoms with Gasteiger partial charge in [-0.25, -0.2) is 4.68 Å². The van der Waals surface area contributed by atoms with Crippen LogP contribution in [0.5, 0.6) is 0 Å². The molecule has 10 heteroatoms. The van der Waals surface area contributed by atoms with Crippen LogP contribution in [0.3, 0.4) is 0 Å². The highest BCUT2D eigenvalue weighted by Gasteiger charge is 2.37. The van der Waals surface area contributed by atoms with Gasteiger partial charge in [0.25, 0.3) is 5.82 Å². The average molecular weight is 387 g/mol. The first-order valence-corrected chi connectivity index (χ1v) is 8.48. The molecule has 0 radical (unpaired) electrons. The quantitative estimate of drug-likeness (QED) is 0.580. The molecule has 0 atom stereocenters. The van der Waals surface area contributed by atoms with E-state index in [1.54, 1.807) is 6.07 Å². The van der Waals surface area contributed by atoms with Crippen LogP contribution in [0.15, 0.2) is 42.5 Å². The van der Waals surface area contributed by atoms with Crippen molar-refractivity contribution in [1.29, 1.82) is 0 Å². The number of benzene rings is 1. The second kappa shape index (κ2) is 6.63. The molecule has 0 unspecified atom stereocenters. The Morgan fingerprint density at radius 1 is 0.964 bits per heavy atom. The minimum Gasteiger partial charge on any atom is -0.364 e. The first kappa shape index (κ1) is 18.0. The number of alkyl halides is 3. The summed E-state index contributed by atoms with van der Waals surface area (Å²) in [7, 11) is 0. The van der Waals surface area contributed by atoms with E-state index in [0.717, 1.165) is 22.6 Å². The summed E-state index contributed by atoms with van der Waals surface area (Å²) in [6.45, 7) is 4.20. The minimum atomic E-state index is -4.63. The van der Waals surface area contributed by atoms with E-state index in [4.69, 9.17) is 0 Å². The fourth-order valence-corrected chi connectivity index (χ4v) is 2.99. The van der Waals surface area contributed by atoms with Crippen LogP contribution in [0.2, 0.25) is 0 Å². The lowest BCUT2D eigenvalue weighted by molar-refractivity contribution is -0.146. The Kier molecular flexibility index (Phi) is 4.25. The molecular formula is C18H16F3N7. The number of aryl methyl sites for hydroxylation is 1. The van der Waals surface area contributed by atoms with Crippen LogP contribution in [0.4, 0.5) is 19.0 Å². The molecule has 4 aromatic rings. The fraction of sp³-hybridized carbons (Fsp3) is 0.222. The van der Waals surface area contributed by atoms with Gasteiger partial charge < -0.3 is 5.32 Å². The number of rotatable bonds is 4. The first-order valence-electron chi connectivity index (χ1n) is 8.48. The van der Waals surface area contributed by atoms with E-state index >= 15 is 0 Å². The van der Waals surface area contributed by atoms with E-state index in [0.29, 0.717) is 11.1 Å². The number of para-hydroxylation sites is 1. The topological polar surface area (TPSA) is 72.9 Å². The van der Waals surface area contributed by atoms with Crippen molar-refractivity contribution < 1.29 is 13.2 Å². The molecule has 0 spiro atoms. The first-order chi connectivity index (χ1) is 13.3. The van der Waals surface area contributed by atoms with Crippen LogP contribution in [0.25, 0.3) is 11.3 Å². The number of halogens is 3. The molecule has 1 N–H and O–H groups in total. The second-order valence-electron chi connectivity index (χ2n) is 6.26. The van der Waals surface area contributed by atoms with Gasteiger partial charge in [0.05, 0.1) is 11.4 Å². The molecule has 0 aliphatic heterocycles. The van der Waals surface area contributed by atoms with Crippen LogP contribution in [-0.4, -0.2) is 29.6 Å². The molecule has 0 aliphatic carbocycles. The summed E-state index contributed by atoms with van der Waals surface area (Å²) < 4.78 is 41.6. The van der Waals surface area contributed by atoms with Gasteiger partial charge in [-0.05, 0) is 38.1 Å². The Bertz CT molecular complexity index is 1130. The number of anilines is 1. The Labute approximate surface area is 157 Å². The van der Waals surface area contributed by atoms with Crippen LogP contribution in [-0.2, 0) is 12.7 Å². The van der Waals surface area contributed by atoms with Crippen LogP contribution >= 0.6 is 0 Å². The summed E-state index contributed by atoms with van der Waals surface area (Å²) in [5.74, 6) is -0.875. The Balaban J connectivity index is 1.61. The van der Waals surface area contributed by atoms with E-state index < -0.39 is 12.0 Å². The normalized spacial score (nSPS) is 11.9. The van der Waals surface area contributed by atoms with Crippen LogP contribution in [0, 0.1) is 13.8 Å². The standard InChI is InChI=1S/C18H16F3N7/c1-11-14(12(2)27(25-11)13-6-4-3-5-7-13)10-22-15-8-9-16-23-24-17(18(19,20)21)28(16)26-15/h3-9H,10H2,1-2H3,(H,22,26). The molecule has 0 bridgehead atoms. The summed E-state index contributed by atoms with van der Waals surface area (Å²) >= 11 is 0. The third-order valence-electron chi connectivity index (χ3n) is 4.40. The molecule has 28 heavy (non-hydrogen) atoms. The lowest BCUT2D eigenvalue weighted by Crippen LogP contribution is -2.13. The predicted molar refractivity (Wildman–Crippen MR) is 96.1 cm³/mol. The average Bonchev–Trinajstić information content (AvgIpc) is 3.21. The Morgan fingerprint density at radius 2 is 1.71 bits per heavy atom. The maximum Gasteiger partial charge on any atom is 0.453 e. The fourth-order valence-electron chi connectivity index (χ4n) is 2.99. The highest BCUT2D eigenvalue weighted by atomic mass is 19.4. The third kappa shape index (κ3) is 3.17. The minimum absolute atomic E-state index is 0.0298. The highest BCUT2D eigenvalue weighted by Crippen LogP contribution is 2.27. The zero-order chi connectivity index (χ0) is 19.9. The van der Waals surface area contributed by atoms with Gasteiger partial charge in [-0.2, -0.15) is 22.8 Å². The summed E-state index contributed by atoms with van der Waals surface area (Å²) in [6, 6.07) is 12.7. The van der Waals surface area contributed by atoms with Gasteiger partial charge >= 0.3 is 6.18 Å². The predicted octanol–water partition coefficient (Wildman–Crippen LogP) is 3.56. The molecule has 0 saturated carbocycles. The van der Waals surface area contributed by atoms with Crippen molar-refractivity contribution in [1.82, 2.24) is 29.6 Å². The molecular weight excluding hydrogens is 371 g/mol. The van der Waals surface area contributed by atoms with Crippen molar-refractivity contribution in [2.45, 2.75) is 26.6 Å². The van der Waals surface area contributed by atoms with E-state index in [2.05, 4.69) is 25.7 Å². The van der Waals surface area contributed by atoms with Gasteiger partial charge in [-0.15, -0.1) is 15.3 Å². The summed E-state index contributed by atoms with van der Waals surface area (Å²) in [5.41, 5.74) is 3.69. The third-order valence-corrected chi connectivity index (χ3v) is 4.40. The Hall–Kier alpha value is -3.43. The summed E-state index contributed by atoms with van der Waals surface area (Å²) in [5, 5.41) is 18.3. The van der Waals surface area contributed by atoms with Gasteiger partial charge in [0.1, 0.15) is 5.82 Å². The van der Waals surface area contributed by atoms with Crippen molar-refractivity contribution in [3.05, 3.63) is 65.2 Å². The van der Waals surface area contributed by atoms with E-state index in [-0.39, 0.29) is 11.5 Å². The maximum absolute atomic E-state index is 13.0. The van der Waals surface area contributed by atoms with Gasteiger partial charge in [0.2, 0.25) is 0 Å². The van der Waals surface area contributed by atoms with Crippen molar-refractivity contribution in [3.63, 3.8) is 0 Å². The van der Waals surface area contributed by atoms with Gasteiger partial charge in [-0.1, -0.05) is 18.2 Å². The number of nitrogens with zero attached hydrogens (tertiary/aromatic N) is 6.